The molecule has 1 atom stereocenters. The van der Waals surface area contributed by atoms with Crippen molar-refractivity contribution in [3.8, 4) is 0 Å². The molecule has 1 fully saturated rings. The van der Waals surface area contributed by atoms with Gasteiger partial charge >= 0.3 is 0 Å². The highest BCUT2D eigenvalue weighted by Gasteiger charge is 2.19. The van der Waals surface area contributed by atoms with Gasteiger partial charge in [0, 0.05) is 19.2 Å². The Balaban J connectivity index is 2.28. The largest absolute Gasteiger partial charge is 0.354 e. The van der Waals surface area contributed by atoms with Gasteiger partial charge in [-0.25, -0.2) is 0 Å². The van der Waals surface area contributed by atoms with Crippen LogP contribution in [0, 0.1) is 5.92 Å². The molecule has 1 aliphatic carbocycles. The minimum Gasteiger partial charge on any atom is -0.354 e. The summed E-state index contributed by atoms with van der Waals surface area (Å²) in [6.07, 6.45) is 6.25. The molecule has 0 spiro atoms. The Labute approximate surface area is 108 Å². The number of hydrogen-bond acceptors (Lipinski definition) is 3. The zero-order valence-corrected chi connectivity index (χ0v) is 11.3. The van der Waals surface area contributed by atoms with E-state index in [4.69, 9.17) is 0 Å². The average Bonchev–Trinajstić information content (AvgIpc) is 2.34. The summed E-state index contributed by atoms with van der Waals surface area (Å²) in [6.45, 7) is 2.13. The fraction of sp³-hybridized carbons (Fsp3) is 0.833. The lowest BCUT2D eigenvalue weighted by Crippen LogP contribution is -2.48. The molecule has 17 heavy (non-hydrogen) atoms. The number of hydrogen-bond donors (Lipinski definition) is 3. The summed E-state index contributed by atoms with van der Waals surface area (Å²) in [5.74, 6) is 0.610. The molecule has 2 amide bonds. The van der Waals surface area contributed by atoms with Gasteiger partial charge in [0.1, 0.15) is 6.04 Å². The van der Waals surface area contributed by atoms with Crippen LogP contribution in [0.1, 0.15) is 39.0 Å². The lowest BCUT2D eigenvalue weighted by atomic mass is 9.89. The monoisotopic (exact) mass is 258 g/mol. The zero-order valence-electron chi connectivity index (χ0n) is 10.4. The maximum Gasteiger partial charge on any atom is 0.243 e. The molecule has 0 aromatic rings. The van der Waals surface area contributed by atoms with Gasteiger partial charge in [-0.2, -0.15) is 12.6 Å². The summed E-state index contributed by atoms with van der Waals surface area (Å²) in [4.78, 5) is 22.7. The Hall–Kier alpha value is -0.710. The van der Waals surface area contributed by atoms with Gasteiger partial charge in [0.05, 0.1) is 0 Å². The molecule has 1 unspecified atom stereocenters. The predicted molar refractivity (Wildman–Crippen MR) is 71.0 cm³/mol. The van der Waals surface area contributed by atoms with Crippen molar-refractivity contribution in [1.82, 2.24) is 10.6 Å². The lowest BCUT2D eigenvalue weighted by molar-refractivity contribution is -0.127. The third-order valence-corrected chi connectivity index (χ3v) is 3.53. The topological polar surface area (TPSA) is 58.2 Å². The number of nitrogens with one attached hydrogen (secondary N) is 2. The first-order valence-corrected chi connectivity index (χ1v) is 6.92. The molecule has 0 saturated heterocycles. The van der Waals surface area contributed by atoms with Gasteiger partial charge in [-0.1, -0.05) is 19.3 Å². The van der Waals surface area contributed by atoms with Crippen LogP contribution in [-0.4, -0.2) is 30.2 Å². The highest BCUT2D eigenvalue weighted by Crippen LogP contribution is 2.22. The zero-order chi connectivity index (χ0) is 12.7. The van der Waals surface area contributed by atoms with Crippen LogP contribution in [0.25, 0.3) is 0 Å². The Morgan fingerprint density at radius 3 is 2.47 bits per heavy atom. The fourth-order valence-corrected chi connectivity index (χ4v) is 2.46. The van der Waals surface area contributed by atoms with Gasteiger partial charge in [-0.3, -0.25) is 9.59 Å². The molecule has 1 rings (SSSR count). The van der Waals surface area contributed by atoms with Crippen LogP contribution in [0.2, 0.25) is 0 Å². The van der Waals surface area contributed by atoms with E-state index in [9.17, 15) is 9.59 Å². The van der Waals surface area contributed by atoms with Crippen LogP contribution in [0.15, 0.2) is 0 Å². The minimum absolute atomic E-state index is 0.124. The number of thiol groups is 1. The summed E-state index contributed by atoms with van der Waals surface area (Å²) < 4.78 is 0. The van der Waals surface area contributed by atoms with E-state index in [1.807, 2.05) is 0 Å². The van der Waals surface area contributed by atoms with Gasteiger partial charge in [0.15, 0.2) is 0 Å². The highest BCUT2D eigenvalue weighted by atomic mass is 32.1. The van der Waals surface area contributed by atoms with E-state index in [1.54, 1.807) is 0 Å². The van der Waals surface area contributed by atoms with E-state index in [1.165, 1.54) is 39.0 Å². The molecular formula is C12H22N2O2S. The second-order valence-corrected chi connectivity index (χ2v) is 5.05. The number of carbonyl (C=O) groups is 2. The van der Waals surface area contributed by atoms with Gasteiger partial charge in [-0.15, -0.1) is 0 Å². The summed E-state index contributed by atoms with van der Waals surface area (Å²) in [6, 6.07) is -0.514. The molecule has 4 nitrogen and oxygen atoms in total. The predicted octanol–water partition coefficient (Wildman–Crippen LogP) is 1.12. The highest BCUT2D eigenvalue weighted by molar-refractivity contribution is 7.80. The van der Waals surface area contributed by atoms with Crippen LogP contribution in [0.5, 0.6) is 0 Å². The lowest BCUT2D eigenvalue weighted by Gasteiger charge is -2.23. The molecular weight excluding hydrogens is 236 g/mol. The summed E-state index contributed by atoms with van der Waals surface area (Å²) in [5, 5.41) is 5.50. The third-order valence-electron chi connectivity index (χ3n) is 3.17. The third kappa shape index (κ3) is 5.44. The SMILES string of the molecule is CC(=O)NC(CS)C(=O)NCC1CCCCC1. The molecule has 1 saturated carbocycles. The van der Waals surface area contributed by atoms with E-state index in [0.29, 0.717) is 11.7 Å². The molecule has 0 bridgehead atoms. The molecule has 5 heteroatoms. The van der Waals surface area contributed by atoms with Crippen molar-refractivity contribution in [3.63, 3.8) is 0 Å². The number of amides is 2. The van der Waals surface area contributed by atoms with E-state index >= 15 is 0 Å². The molecule has 0 aromatic carbocycles. The molecule has 0 aliphatic heterocycles. The first kappa shape index (κ1) is 14.4. The summed E-state index contributed by atoms with van der Waals surface area (Å²) in [5.41, 5.74) is 0. The maximum atomic E-state index is 11.8. The standard InChI is InChI=1S/C12H22N2O2S/c1-9(15)14-11(8-17)12(16)13-7-10-5-3-2-4-6-10/h10-11,17H,2-8H2,1H3,(H,13,16)(H,14,15). The van der Waals surface area contributed by atoms with E-state index in [0.717, 1.165) is 6.54 Å². The quantitative estimate of drug-likeness (QED) is 0.647. The van der Waals surface area contributed by atoms with Crippen LogP contribution in [-0.2, 0) is 9.59 Å². The second kappa shape index (κ2) is 7.58. The Kier molecular flexibility index (Phi) is 6.40. The van der Waals surface area contributed by atoms with Gasteiger partial charge < -0.3 is 10.6 Å². The van der Waals surface area contributed by atoms with Crippen LogP contribution < -0.4 is 10.6 Å². The van der Waals surface area contributed by atoms with Gasteiger partial charge in [0.25, 0.3) is 0 Å². The van der Waals surface area contributed by atoms with Crippen LogP contribution >= 0.6 is 12.6 Å². The molecule has 0 heterocycles. The normalized spacial score (nSPS) is 18.5. The summed E-state index contributed by atoms with van der Waals surface area (Å²) >= 11 is 4.07. The van der Waals surface area contributed by atoms with Crippen molar-refractivity contribution in [3.05, 3.63) is 0 Å². The van der Waals surface area contributed by atoms with Crippen molar-refractivity contribution in [2.24, 2.45) is 5.92 Å². The molecule has 98 valence electrons. The van der Waals surface area contributed by atoms with Crippen molar-refractivity contribution in [2.45, 2.75) is 45.1 Å². The first-order valence-electron chi connectivity index (χ1n) is 6.29. The molecule has 2 N–H and O–H groups in total. The van der Waals surface area contributed by atoms with Crippen molar-refractivity contribution in [2.75, 3.05) is 12.3 Å². The number of carbonyl (C=O) groups excluding carboxylic acids is 2. The van der Waals surface area contributed by atoms with E-state index in [2.05, 4.69) is 23.3 Å². The molecule has 1 aliphatic rings. The minimum atomic E-state index is -0.514. The first-order chi connectivity index (χ1) is 8.13. The van der Waals surface area contributed by atoms with E-state index in [-0.39, 0.29) is 11.8 Å². The molecule has 0 radical (unpaired) electrons. The van der Waals surface area contributed by atoms with Crippen LogP contribution in [0.4, 0.5) is 0 Å². The fourth-order valence-electron chi connectivity index (χ4n) is 2.20. The second-order valence-electron chi connectivity index (χ2n) is 4.68. The molecule has 0 aromatic heterocycles. The van der Waals surface area contributed by atoms with Crippen molar-refractivity contribution in [1.29, 1.82) is 0 Å². The van der Waals surface area contributed by atoms with E-state index < -0.39 is 6.04 Å². The van der Waals surface area contributed by atoms with Crippen molar-refractivity contribution >= 4 is 24.4 Å². The maximum absolute atomic E-state index is 11.8. The number of rotatable bonds is 5. The van der Waals surface area contributed by atoms with Crippen LogP contribution in [0.3, 0.4) is 0 Å². The van der Waals surface area contributed by atoms with Gasteiger partial charge in [-0.05, 0) is 18.8 Å². The Morgan fingerprint density at radius 1 is 1.29 bits per heavy atom. The smallest absolute Gasteiger partial charge is 0.243 e. The average molecular weight is 258 g/mol. The Bertz CT molecular complexity index is 265. The van der Waals surface area contributed by atoms with Gasteiger partial charge in [0.2, 0.25) is 11.8 Å². The Morgan fingerprint density at radius 2 is 1.94 bits per heavy atom. The summed E-state index contributed by atoms with van der Waals surface area (Å²) in [7, 11) is 0. The van der Waals surface area contributed by atoms with Crippen molar-refractivity contribution < 1.29 is 9.59 Å².